The maximum atomic E-state index is 12.7. The standard InChI is InChI=1S/C32H65NO2/c1-5-9-13-17-18-19-20-21-22-23-27-31(32(34)35)33(28-24-14-10-6-2,29-25-15-11-7-3)30-26-16-12-8-4/h31H,5-30H2,1-4H3/p+1. The van der Waals surface area contributed by atoms with Crippen LogP contribution in [0.1, 0.15) is 175 Å². The number of quaternary nitrogens is 1. The molecule has 0 amide bonds. The maximum Gasteiger partial charge on any atom is 0.362 e. The van der Waals surface area contributed by atoms with Crippen molar-refractivity contribution in [1.82, 2.24) is 0 Å². The molecule has 1 atom stereocenters. The number of carbonyl (C=O) groups is 1. The fourth-order valence-electron chi connectivity index (χ4n) is 5.82. The summed E-state index contributed by atoms with van der Waals surface area (Å²) in [5.41, 5.74) is 0. The zero-order valence-electron chi connectivity index (χ0n) is 24.8. The van der Waals surface area contributed by atoms with Gasteiger partial charge in [0.15, 0.2) is 6.04 Å². The van der Waals surface area contributed by atoms with Gasteiger partial charge >= 0.3 is 5.97 Å². The Morgan fingerprint density at radius 3 is 1.09 bits per heavy atom. The summed E-state index contributed by atoms with van der Waals surface area (Å²) in [5.74, 6) is -0.526. The van der Waals surface area contributed by atoms with Crippen molar-refractivity contribution in [2.45, 2.75) is 181 Å². The molecular weight excluding hydrogens is 430 g/mol. The number of aliphatic carboxylic acids is 1. The second kappa shape index (κ2) is 25.1. The van der Waals surface area contributed by atoms with E-state index in [1.807, 2.05) is 0 Å². The summed E-state index contributed by atoms with van der Waals surface area (Å²) in [6.07, 6.45) is 28.9. The van der Waals surface area contributed by atoms with E-state index in [0.717, 1.165) is 37.0 Å². The van der Waals surface area contributed by atoms with Crippen LogP contribution in [-0.2, 0) is 4.79 Å². The highest BCUT2D eigenvalue weighted by Gasteiger charge is 2.40. The van der Waals surface area contributed by atoms with Crippen molar-refractivity contribution in [1.29, 1.82) is 0 Å². The van der Waals surface area contributed by atoms with Crippen LogP contribution in [0.3, 0.4) is 0 Å². The molecule has 1 N–H and O–H groups in total. The number of nitrogens with zero attached hydrogens (tertiary/aromatic N) is 1. The van der Waals surface area contributed by atoms with Crippen LogP contribution in [0.25, 0.3) is 0 Å². The lowest BCUT2D eigenvalue weighted by atomic mass is 9.98. The van der Waals surface area contributed by atoms with Crippen molar-refractivity contribution >= 4 is 5.97 Å². The number of unbranched alkanes of at least 4 members (excludes halogenated alkanes) is 18. The Morgan fingerprint density at radius 1 is 0.486 bits per heavy atom. The van der Waals surface area contributed by atoms with Crippen LogP contribution in [0.4, 0.5) is 0 Å². The third kappa shape index (κ3) is 18.3. The predicted octanol–water partition coefficient (Wildman–Crippen LogP) is 10.3. The first-order valence-corrected chi connectivity index (χ1v) is 16.2. The molecule has 210 valence electrons. The predicted molar refractivity (Wildman–Crippen MR) is 155 cm³/mol. The van der Waals surface area contributed by atoms with Crippen LogP contribution in [-0.4, -0.2) is 41.2 Å². The number of hydrogen-bond acceptors (Lipinski definition) is 1. The van der Waals surface area contributed by atoms with Crippen LogP contribution in [0.15, 0.2) is 0 Å². The number of rotatable bonds is 28. The van der Waals surface area contributed by atoms with Crippen molar-refractivity contribution in [3.8, 4) is 0 Å². The summed E-state index contributed by atoms with van der Waals surface area (Å²) in [5, 5.41) is 10.4. The monoisotopic (exact) mass is 497 g/mol. The van der Waals surface area contributed by atoms with E-state index < -0.39 is 5.97 Å². The van der Waals surface area contributed by atoms with E-state index >= 15 is 0 Å². The smallest absolute Gasteiger partial charge is 0.362 e. The first-order valence-electron chi connectivity index (χ1n) is 16.2. The molecule has 0 saturated carbocycles. The number of hydrogen-bond donors (Lipinski definition) is 1. The fraction of sp³-hybridized carbons (Fsp3) is 0.969. The molecule has 0 aromatic carbocycles. The van der Waals surface area contributed by atoms with Crippen molar-refractivity contribution < 1.29 is 14.4 Å². The van der Waals surface area contributed by atoms with E-state index in [9.17, 15) is 9.90 Å². The molecule has 3 nitrogen and oxygen atoms in total. The normalized spacial score (nSPS) is 12.8. The van der Waals surface area contributed by atoms with E-state index in [-0.39, 0.29) is 6.04 Å². The lowest BCUT2D eigenvalue weighted by Crippen LogP contribution is -2.60. The van der Waals surface area contributed by atoms with Gasteiger partial charge < -0.3 is 9.59 Å². The van der Waals surface area contributed by atoms with Gasteiger partial charge in [0.25, 0.3) is 0 Å². The largest absolute Gasteiger partial charge is 0.477 e. The van der Waals surface area contributed by atoms with Gasteiger partial charge in [0.1, 0.15) is 0 Å². The van der Waals surface area contributed by atoms with Crippen molar-refractivity contribution in [3.05, 3.63) is 0 Å². The van der Waals surface area contributed by atoms with E-state index in [1.165, 1.54) is 135 Å². The van der Waals surface area contributed by atoms with E-state index in [2.05, 4.69) is 27.7 Å². The third-order valence-corrected chi connectivity index (χ3v) is 8.15. The van der Waals surface area contributed by atoms with Crippen molar-refractivity contribution in [2.75, 3.05) is 19.6 Å². The van der Waals surface area contributed by atoms with Crippen LogP contribution >= 0.6 is 0 Å². The first kappa shape index (κ1) is 34.4. The van der Waals surface area contributed by atoms with Crippen molar-refractivity contribution in [3.63, 3.8) is 0 Å². The molecular formula is C32H66NO2+. The number of carboxylic acid groups (broad SMARTS) is 1. The second-order valence-electron chi connectivity index (χ2n) is 11.4. The molecule has 0 heterocycles. The van der Waals surface area contributed by atoms with Crippen molar-refractivity contribution in [2.24, 2.45) is 0 Å². The quantitative estimate of drug-likeness (QED) is 0.0863. The van der Waals surface area contributed by atoms with Gasteiger partial charge in [0.2, 0.25) is 0 Å². The van der Waals surface area contributed by atoms with Crippen LogP contribution < -0.4 is 0 Å². The highest BCUT2D eigenvalue weighted by atomic mass is 16.4. The van der Waals surface area contributed by atoms with Gasteiger partial charge in [0.05, 0.1) is 19.6 Å². The Hall–Kier alpha value is -0.570. The molecule has 0 radical (unpaired) electrons. The summed E-state index contributed by atoms with van der Waals surface area (Å²) < 4.78 is 0.865. The number of carboxylic acids is 1. The molecule has 0 aliphatic carbocycles. The van der Waals surface area contributed by atoms with Crippen LogP contribution in [0.2, 0.25) is 0 Å². The molecule has 0 aliphatic rings. The zero-order chi connectivity index (χ0) is 26.0. The minimum Gasteiger partial charge on any atom is -0.477 e. The maximum absolute atomic E-state index is 12.7. The molecule has 0 fully saturated rings. The lowest BCUT2D eigenvalue weighted by molar-refractivity contribution is -0.944. The second-order valence-corrected chi connectivity index (χ2v) is 11.4. The Balaban J connectivity index is 5.02. The minimum absolute atomic E-state index is 0.200. The van der Waals surface area contributed by atoms with Crippen LogP contribution in [0, 0.1) is 0 Å². The van der Waals surface area contributed by atoms with Gasteiger partial charge in [0, 0.05) is 6.42 Å². The topological polar surface area (TPSA) is 37.3 Å². The summed E-state index contributed by atoms with van der Waals surface area (Å²) in [6, 6.07) is -0.200. The first-order chi connectivity index (χ1) is 17.1. The Morgan fingerprint density at radius 2 is 0.771 bits per heavy atom. The third-order valence-electron chi connectivity index (χ3n) is 8.15. The average molecular weight is 497 g/mol. The van der Waals surface area contributed by atoms with E-state index in [4.69, 9.17) is 0 Å². The molecule has 0 aromatic heterocycles. The molecule has 0 aliphatic heterocycles. The Labute approximate surface area is 221 Å². The zero-order valence-corrected chi connectivity index (χ0v) is 24.8. The van der Waals surface area contributed by atoms with Crippen LogP contribution in [0.5, 0.6) is 0 Å². The summed E-state index contributed by atoms with van der Waals surface area (Å²) in [4.78, 5) is 12.7. The Bertz CT molecular complexity index is 420. The van der Waals surface area contributed by atoms with Gasteiger partial charge in [-0.1, -0.05) is 124 Å². The average Bonchev–Trinajstić information content (AvgIpc) is 2.85. The highest BCUT2D eigenvalue weighted by molar-refractivity contribution is 5.72. The minimum atomic E-state index is -0.526. The fourth-order valence-corrected chi connectivity index (χ4v) is 5.82. The molecule has 1 unspecified atom stereocenters. The molecule has 0 bridgehead atoms. The summed E-state index contributed by atoms with van der Waals surface area (Å²) in [7, 11) is 0. The van der Waals surface area contributed by atoms with Gasteiger partial charge in [-0.05, 0) is 44.9 Å². The molecule has 0 aromatic rings. The molecule has 0 spiro atoms. The van der Waals surface area contributed by atoms with Gasteiger partial charge in [-0.15, -0.1) is 0 Å². The lowest BCUT2D eigenvalue weighted by Gasteiger charge is -2.44. The molecule has 3 heteroatoms. The van der Waals surface area contributed by atoms with Gasteiger partial charge in [-0.3, -0.25) is 0 Å². The van der Waals surface area contributed by atoms with Gasteiger partial charge in [-0.25, -0.2) is 4.79 Å². The molecule has 0 rings (SSSR count). The highest BCUT2D eigenvalue weighted by Crippen LogP contribution is 2.26. The van der Waals surface area contributed by atoms with E-state index in [0.29, 0.717) is 0 Å². The SMILES string of the molecule is CCCCCCCCCCCCC(C(=O)O)[N+](CCCCCC)(CCCCCC)CCCCCC. The van der Waals surface area contributed by atoms with Gasteiger partial charge in [-0.2, -0.15) is 0 Å². The molecule has 35 heavy (non-hydrogen) atoms. The summed E-state index contributed by atoms with van der Waals surface area (Å²) >= 11 is 0. The summed E-state index contributed by atoms with van der Waals surface area (Å²) in [6.45, 7) is 12.3. The van der Waals surface area contributed by atoms with E-state index in [1.54, 1.807) is 0 Å². The molecule has 0 saturated heterocycles. The Kier molecular flexibility index (Phi) is 24.7.